The van der Waals surface area contributed by atoms with Gasteiger partial charge in [0.15, 0.2) is 0 Å². The predicted molar refractivity (Wildman–Crippen MR) is 74.2 cm³/mol. The van der Waals surface area contributed by atoms with Gasteiger partial charge in [-0.25, -0.2) is 0 Å². The highest BCUT2D eigenvalue weighted by Crippen LogP contribution is 2.05. The Bertz CT molecular complexity index is 268. The monoisotopic (exact) mass is 290 g/mol. The average molecular weight is 290 g/mol. The van der Waals surface area contributed by atoms with Gasteiger partial charge in [-0.15, -0.1) is 0 Å². The van der Waals surface area contributed by atoms with Crippen molar-refractivity contribution in [1.29, 1.82) is 0 Å². The Morgan fingerprint density at radius 1 is 0.850 bits per heavy atom. The van der Waals surface area contributed by atoms with E-state index in [9.17, 15) is 9.59 Å². The average Bonchev–Trinajstić information content (AvgIpc) is 2.21. The fourth-order valence-corrected chi connectivity index (χ4v) is 1.18. The molecule has 0 amide bonds. The van der Waals surface area contributed by atoms with Crippen molar-refractivity contribution >= 4 is 17.9 Å². The third-order valence-electron chi connectivity index (χ3n) is 1.75. The fourth-order valence-electron chi connectivity index (χ4n) is 1.18. The van der Waals surface area contributed by atoms with E-state index < -0.39 is 5.97 Å². The number of hydrogen-bond donors (Lipinski definition) is 1. The normalized spacial score (nSPS) is 9.75. The predicted octanol–water partition coefficient (Wildman–Crippen LogP) is 2.54. The summed E-state index contributed by atoms with van der Waals surface area (Å²) in [7, 11) is 0. The minimum atomic E-state index is -0.833. The second kappa shape index (κ2) is 12.4. The molecule has 0 radical (unpaired) electrons. The van der Waals surface area contributed by atoms with E-state index in [0.29, 0.717) is 25.7 Å². The topological polar surface area (TPSA) is 89.9 Å². The van der Waals surface area contributed by atoms with E-state index in [1.807, 2.05) is 27.7 Å². The molecule has 1 N–H and O–H groups in total. The molecule has 118 valence electrons. The number of ether oxygens (including phenoxy) is 2. The summed E-state index contributed by atoms with van der Waals surface area (Å²) in [4.78, 5) is 31.3. The fraction of sp³-hybridized carbons (Fsp3) is 0.786. The van der Waals surface area contributed by atoms with Crippen molar-refractivity contribution in [3.63, 3.8) is 0 Å². The minimum Gasteiger partial charge on any atom is -0.481 e. The maximum Gasteiger partial charge on any atom is 0.306 e. The molecule has 6 heteroatoms. The maximum absolute atomic E-state index is 11.1. The van der Waals surface area contributed by atoms with Gasteiger partial charge < -0.3 is 14.6 Å². The summed E-state index contributed by atoms with van der Waals surface area (Å²) in [6, 6.07) is 0. The van der Waals surface area contributed by atoms with Crippen LogP contribution >= 0.6 is 0 Å². The molecule has 0 rings (SSSR count). The van der Waals surface area contributed by atoms with Gasteiger partial charge in [0.2, 0.25) is 0 Å². The molecule has 0 fully saturated rings. The van der Waals surface area contributed by atoms with E-state index in [0.717, 1.165) is 6.92 Å². The van der Waals surface area contributed by atoms with Crippen LogP contribution in [0, 0.1) is 0 Å². The first-order chi connectivity index (χ1) is 9.15. The summed E-state index contributed by atoms with van der Waals surface area (Å²) in [5, 5.41) is 7.42. The molecular weight excluding hydrogens is 264 g/mol. The van der Waals surface area contributed by atoms with Crippen molar-refractivity contribution in [3.05, 3.63) is 0 Å². The number of carboxylic acid groups (broad SMARTS) is 1. The van der Waals surface area contributed by atoms with E-state index in [1.54, 1.807) is 0 Å². The Morgan fingerprint density at radius 3 is 1.30 bits per heavy atom. The van der Waals surface area contributed by atoms with E-state index in [4.69, 9.17) is 19.4 Å². The molecule has 0 aliphatic carbocycles. The summed E-state index contributed by atoms with van der Waals surface area (Å²) in [6.45, 7) is 8.35. The van der Waals surface area contributed by atoms with Crippen LogP contribution in [0.1, 0.15) is 60.3 Å². The summed E-state index contributed by atoms with van der Waals surface area (Å²) in [6.07, 6.45) is 1.93. The Kier molecular flexibility index (Phi) is 12.9. The Hall–Kier alpha value is -1.59. The lowest BCUT2D eigenvalue weighted by Gasteiger charge is -2.08. The SMILES string of the molecule is CC(=O)O.CC(C)OC(=O)CCCCC(=O)OC(C)C. The lowest BCUT2D eigenvalue weighted by atomic mass is 10.2. The molecule has 0 aliphatic heterocycles. The quantitative estimate of drug-likeness (QED) is 0.572. The zero-order valence-corrected chi connectivity index (χ0v) is 13.0. The number of esters is 2. The molecule has 0 heterocycles. The van der Waals surface area contributed by atoms with Gasteiger partial charge in [-0.2, -0.15) is 0 Å². The summed E-state index contributed by atoms with van der Waals surface area (Å²) < 4.78 is 9.93. The van der Waals surface area contributed by atoms with E-state index in [1.165, 1.54) is 0 Å². The van der Waals surface area contributed by atoms with Crippen molar-refractivity contribution in [1.82, 2.24) is 0 Å². The number of hydrogen-bond acceptors (Lipinski definition) is 5. The third-order valence-corrected chi connectivity index (χ3v) is 1.75. The van der Waals surface area contributed by atoms with E-state index in [2.05, 4.69) is 0 Å². The summed E-state index contributed by atoms with van der Waals surface area (Å²) in [5.41, 5.74) is 0. The van der Waals surface area contributed by atoms with Gasteiger partial charge >= 0.3 is 11.9 Å². The second-order valence-electron chi connectivity index (χ2n) is 4.80. The van der Waals surface area contributed by atoms with Gasteiger partial charge in [-0.3, -0.25) is 14.4 Å². The van der Waals surface area contributed by atoms with Gasteiger partial charge in [0.25, 0.3) is 5.97 Å². The molecule has 6 nitrogen and oxygen atoms in total. The zero-order chi connectivity index (χ0) is 16.1. The van der Waals surface area contributed by atoms with Crippen LogP contribution in [0.3, 0.4) is 0 Å². The highest BCUT2D eigenvalue weighted by Gasteiger charge is 2.08. The summed E-state index contributed by atoms with van der Waals surface area (Å²) >= 11 is 0. The number of rotatable bonds is 7. The molecule has 20 heavy (non-hydrogen) atoms. The molecule has 0 unspecified atom stereocenters. The number of carboxylic acids is 1. The van der Waals surface area contributed by atoms with Gasteiger partial charge in [-0.1, -0.05) is 0 Å². The standard InChI is InChI=1S/C12H22O4.C2H4O2/c1-9(2)15-11(13)7-5-6-8-12(14)16-10(3)4;1-2(3)4/h9-10H,5-8H2,1-4H3;1H3,(H,3,4). The number of carbonyl (C=O) groups is 3. The van der Waals surface area contributed by atoms with Crippen LogP contribution in [0.5, 0.6) is 0 Å². The van der Waals surface area contributed by atoms with Crippen molar-refractivity contribution in [3.8, 4) is 0 Å². The first-order valence-electron chi connectivity index (χ1n) is 6.73. The molecule has 0 atom stereocenters. The molecule has 0 saturated carbocycles. The zero-order valence-electron chi connectivity index (χ0n) is 13.0. The van der Waals surface area contributed by atoms with Crippen LogP contribution < -0.4 is 0 Å². The molecular formula is C14H26O6. The van der Waals surface area contributed by atoms with Crippen LogP contribution in [0.15, 0.2) is 0 Å². The lowest BCUT2D eigenvalue weighted by molar-refractivity contribution is -0.149. The first kappa shape index (κ1) is 20.7. The molecule has 0 bridgehead atoms. The largest absolute Gasteiger partial charge is 0.481 e. The smallest absolute Gasteiger partial charge is 0.306 e. The minimum absolute atomic E-state index is 0.0709. The van der Waals surface area contributed by atoms with Crippen LogP contribution in [-0.4, -0.2) is 35.2 Å². The second-order valence-corrected chi connectivity index (χ2v) is 4.80. The third kappa shape index (κ3) is 21.7. The van der Waals surface area contributed by atoms with Crippen LogP contribution in [0.4, 0.5) is 0 Å². The van der Waals surface area contributed by atoms with Crippen LogP contribution in [0.2, 0.25) is 0 Å². The number of unbranched alkanes of at least 4 members (excludes halogenated alkanes) is 1. The molecule has 0 aromatic rings. The molecule has 0 aromatic carbocycles. The number of aliphatic carboxylic acids is 1. The maximum atomic E-state index is 11.1. The molecule has 0 spiro atoms. The number of carbonyl (C=O) groups excluding carboxylic acids is 2. The van der Waals surface area contributed by atoms with Crippen LogP contribution in [0.25, 0.3) is 0 Å². The van der Waals surface area contributed by atoms with Crippen LogP contribution in [-0.2, 0) is 23.9 Å². The van der Waals surface area contributed by atoms with Crippen molar-refractivity contribution in [2.24, 2.45) is 0 Å². The van der Waals surface area contributed by atoms with E-state index >= 15 is 0 Å². The highest BCUT2D eigenvalue weighted by atomic mass is 16.5. The highest BCUT2D eigenvalue weighted by molar-refractivity contribution is 5.70. The Balaban J connectivity index is 0. The van der Waals surface area contributed by atoms with Crippen molar-refractivity contribution in [2.45, 2.75) is 72.5 Å². The Morgan fingerprint density at radius 2 is 1.10 bits per heavy atom. The lowest BCUT2D eigenvalue weighted by Crippen LogP contribution is -2.12. The van der Waals surface area contributed by atoms with Gasteiger partial charge in [0.1, 0.15) is 0 Å². The first-order valence-corrected chi connectivity index (χ1v) is 6.73. The van der Waals surface area contributed by atoms with E-state index in [-0.39, 0.29) is 24.1 Å². The van der Waals surface area contributed by atoms with Gasteiger partial charge in [0, 0.05) is 19.8 Å². The molecule has 0 aliphatic rings. The van der Waals surface area contributed by atoms with Crippen molar-refractivity contribution < 1.29 is 29.0 Å². The van der Waals surface area contributed by atoms with Gasteiger partial charge in [-0.05, 0) is 40.5 Å². The van der Waals surface area contributed by atoms with Gasteiger partial charge in [0.05, 0.1) is 12.2 Å². The molecule has 0 aromatic heterocycles. The summed E-state index contributed by atoms with van der Waals surface area (Å²) in [5.74, 6) is -1.24. The van der Waals surface area contributed by atoms with Crippen molar-refractivity contribution in [2.75, 3.05) is 0 Å². The molecule has 0 saturated heterocycles. The Labute approximate surface area is 120 Å².